The molecule has 2 aromatic carbocycles. The number of amides is 1. The van der Waals surface area contributed by atoms with Crippen LogP contribution in [0.4, 0.5) is 4.39 Å². The van der Waals surface area contributed by atoms with E-state index in [9.17, 15) is 9.18 Å². The largest absolute Gasteiger partial charge is 0.350 e. The standard InChI is InChI=1S/C21H25FN2O/c1-21(2,24-12-6-7-13-24)15-23-20(25)18-14-17(10-11-19(18)22)16-8-4-3-5-9-16/h3-5,8-11,14H,6-7,12-13,15H2,1-2H3,(H,23,25). The highest BCUT2D eigenvalue weighted by molar-refractivity contribution is 5.95. The van der Waals surface area contributed by atoms with E-state index in [0.29, 0.717) is 6.54 Å². The van der Waals surface area contributed by atoms with Crippen molar-refractivity contribution in [2.45, 2.75) is 32.2 Å². The molecule has 0 bridgehead atoms. The zero-order chi connectivity index (χ0) is 17.9. The van der Waals surface area contributed by atoms with E-state index in [-0.39, 0.29) is 17.0 Å². The topological polar surface area (TPSA) is 32.3 Å². The second-order valence-corrected chi connectivity index (χ2v) is 7.25. The van der Waals surface area contributed by atoms with Crippen LogP contribution in [0.2, 0.25) is 0 Å². The van der Waals surface area contributed by atoms with Crippen LogP contribution in [0.5, 0.6) is 0 Å². The number of halogens is 1. The van der Waals surface area contributed by atoms with Crippen molar-refractivity contribution >= 4 is 5.91 Å². The first-order chi connectivity index (χ1) is 12.0. The number of carbonyl (C=O) groups excluding carboxylic acids is 1. The third-order valence-corrected chi connectivity index (χ3v) is 4.96. The summed E-state index contributed by atoms with van der Waals surface area (Å²) in [4.78, 5) is 14.9. The fourth-order valence-corrected chi connectivity index (χ4v) is 3.34. The minimum Gasteiger partial charge on any atom is -0.350 e. The number of hydrogen-bond acceptors (Lipinski definition) is 2. The third-order valence-electron chi connectivity index (χ3n) is 4.96. The summed E-state index contributed by atoms with van der Waals surface area (Å²) in [6.45, 7) is 6.85. The number of benzene rings is 2. The highest BCUT2D eigenvalue weighted by atomic mass is 19.1. The van der Waals surface area contributed by atoms with Crippen LogP contribution in [-0.4, -0.2) is 36.0 Å². The Morgan fingerprint density at radius 1 is 1.08 bits per heavy atom. The molecule has 0 saturated carbocycles. The van der Waals surface area contributed by atoms with Gasteiger partial charge in [-0.15, -0.1) is 0 Å². The van der Waals surface area contributed by atoms with Gasteiger partial charge in [-0.3, -0.25) is 9.69 Å². The Kier molecular flexibility index (Phi) is 5.19. The Bertz CT molecular complexity index is 737. The lowest BCUT2D eigenvalue weighted by atomic mass is 10.0. The van der Waals surface area contributed by atoms with Crippen LogP contribution >= 0.6 is 0 Å². The number of nitrogens with zero attached hydrogens (tertiary/aromatic N) is 1. The number of hydrogen-bond donors (Lipinski definition) is 1. The average Bonchev–Trinajstić information content (AvgIpc) is 3.16. The Labute approximate surface area is 148 Å². The maximum atomic E-state index is 14.2. The molecule has 1 amide bonds. The van der Waals surface area contributed by atoms with Gasteiger partial charge in [-0.25, -0.2) is 4.39 Å². The molecule has 25 heavy (non-hydrogen) atoms. The quantitative estimate of drug-likeness (QED) is 0.889. The SMILES string of the molecule is CC(C)(CNC(=O)c1cc(-c2ccccc2)ccc1F)N1CCCC1. The summed E-state index contributed by atoms with van der Waals surface area (Å²) in [5.41, 5.74) is 1.78. The molecule has 1 fully saturated rings. The van der Waals surface area contributed by atoms with Crippen molar-refractivity contribution in [1.29, 1.82) is 0 Å². The Morgan fingerprint density at radius 3 is 2.44 bits per heavy atom. The van der Waals surface area contributed by atoms with Gasteiger partial charge in [0, 0.05) is 12.1 Å². The summed E-state index contributed by atoms with van der Waals surface area (Å²) in [5, 5.41) is 2.92. The summed E-state index contributed by atoms with van der Waals surface area (Å²) in [7, 11) is 0. The van der Waals surface area contributed by atoms with Crippen LogP contribution < -0.4 is 5.32 Å². The van der Waals surface area contributed by atoms with Crippen molar-refractivity contribution in [2.75, 3.05) is 19.6 Å². The van der Waals surface area contributed by atoms with Crippen LogP contribution in [0.25, 0.3) is 11.1 Å². The van der Waals surface area contributed by atoms with Crippen molar-refractivity contribution in [2.24, 2.45) is 0 Å². The van der Waals surface area contributed by atoms with Gasteiger partial charge in [0.1, 0.15) is 5.82 Å². The number of carbonyl (C=O) groups is 1. The van der Waals surface area contributed by atoms with Gasteiger partial charge in [-0.05, 0) is 63.0 Å². The Balaban J connectivity index is 1.73. The molecule has 0 aromatic heterocycles. The first-order valence-electron chi connectivity index (χ1n) is 8.85. The first kappa shape index (κ1) is 17.6. The van der Waals surface area contributed by atoms with Gasteiger partial charge in [0.15, 0.2) is 0 Å². The number of nitrogens with one attached hydrogen (secondary N) is 1. The molecule has 3 nitrogen and oxygen atoms in total. The highest BCUT2D eigenvalue weighted by Crippen LogP contribution is 2.23. The van der Waals surface area contributed by atoms with Gasteiger partial charge in [-0.2, -0.15) is 0 Å². The second kappa shape index (κ2) is 7.36. The molecular weight excluding hydrogens is 315 g/mol. The molecule has 1 N–H and O–H groups in total. The summed E-state index contributed by atoms with van der Waals surface area (Å²) in [6, 6.07) is 14.4. The van der Waals surface area contributed by atoms with Crippen molar-refractivity contribution < 1.29 is 9.18 Å². The van der Waals surface area contributed by atoms with Crippen molar-refractivity contribution in [3.8, 4) is 11.1 Å². The van der Waals surface area contributed by atoms with Gasteiger partial charge >= 0.3 is 0 Å². The third kappa shape index (κ3) is 4.07. The van der Waals surface area contributed by atoms with E-state index in [1.807, 2.05) is 30.3 Å². The molecule has 1 aliphatic rings. The lowest BCUT2D eigenvalue weighted by Gasteiger charge is -2.35. The highest BCUT2D eigenvalue weighted by Gasteiger charge is 2.29. The first-order valence-corrected chi connectivity index (χ1v) is 8.85. The van der Waals surface area contributed by atoms with Gasteiger partial charge in [0.05, 0.1) is 5.56 Å². The molecule has 3 rings (SSSR count). The summed E-state index contributed by atoms with van der Waals surface area (Å²) in [6.07, 6.45) is 2.40. The monoisotopic (exact) mass is 340 g/mol. The smallest absolute Gasteiger partial charge is 0.254 e. The van der Waals surface area contributed by atoms with Crippen LogP contribution in [0.15, 0.2) is 48.5 Å². The second-order valence-electron chi connectivity index (χ2n) is 7.25. The lowest BCUT2D eigenvalue weighted by molar-refractivity contribution is 0.0898. The van der Waals surface area contributed by atoms with Gasteiger partial charge in [0.2, 0.25) is 0 Å². The molecule has 0 unspecified atom stereocenters. The number of rotatable bonds is 5. The maximum absolute atomic E-state index is 14.2. The molecule has 1 heterocycles. The summed E-state index contributed by atoms with van der Waals surface area (Å²) in [5.74, 6) is -0.848. The lowest BCUT2D eigenvalue weighted by Crippen LogP contribution is -2.50. The normalized spacial score (nSPS) is 15.3. The molecule has 4 heteroatoms. The van der Waals surface area contributed by atoms with Gasteiger partial charge < -0.3 is 5.32 Å². The van der Waals surface area contributed by atoms with Crippen LogP contribution in [0.3, 0.4) is 0 Å². The Hall–Kier alpha value is -2.20. The summed E-state index contributed by atoms with van der Waals surface area (Å²) < 4.78 is 14.2. The van der Waals surface area contributed by atoms with E-state index in [1.54, 1.807) is 12.1 Å². The Morgan fingerprint density at radius 2 is 1.76 bits per heavy atom. The average molecular weight is 340 g/mol. The molecule has 2 aromatic rings. The molecular formula is C21H25FN2O. The minimum atomic E-state index is -0.490. The number of likely N-dealkylation sites (tertiary alicyclic amines) is 1. The fourth-order valence-electron chi connectivity index (χ4n) is 3.34. The van der Waals surface area contributed by atoms with E-state index >= 15 is 0 Å². The van der Waals surface area contributed by atoms with E-state index in [1.165, 1.54) is 18.9 Å². The van der Waals surface area contributed by atoms with Gasteiger partial charge in [0.25, 0.3) is 5.91 Å². The molecule has 132 valence electrons. The molecule has 1 saturated heterocycles. The molecule has 0 spiro atoms. The van der Waals surface area contributed by atoms with Crippen LogP contribution in [0, 0.1) is 5.82 Å². The minimum absolute atomic E-state index is 0.0959. The predicted octanol–water partition coefficient (Wildman–Crippen LogP) is 4.10. The van der Waals surface area contributed by atoms with E-state index < -0.39 is 5.82 Å². The van der Waals surface area contributed by atoms with Crippen molar-refractivity contribution in [1.82, 2.24) is 10.2 Å². The summed E-state index contributed by atoms with van der Waals surface area (Å²) >= 11 is 0. The van der Waals surface area contributed by atoms with Crippen LogP contribution in [0.1, 0.15) is 37.0 Å². The van der Waals surface area contributed by atoms with Crippen LogP contribution in [-0.2, 0) is 0 Å². The van der Waals surface area contributed by atoms with Crippen molar-refractivity contribution in [3.05, 3.63) is 59.9 Å². The molecule has 0 aliphatic carbocycles. The van der Waals surface area contributed by atoms with E-state index in [4.69, 9.17) is 0 Å². The fraction of sp³-hybridized carbons (Fsp3) is 0.381. The molecule has 0 atom stereocenters. The van der Waals surface area contributed by atoms with E-state index in [0.717, 1.165) is 24.2 Å². The van der Waals surface area contributed by atoms with Crippen molar-refractivity contribution in [3.63, 3.8) is 0 Å². The molecule has 1 aliphatic heterocycles. The van der Waals surface area contributed by atoms with Gasteiger partial charge in [-0.1, -0.05) is 36.4 Å². The zero-order valence-electron chi connectivity index (χ0n) is 14.9. The predicted molar refractivity (Wildman–Crippen MR) is 99.1 cm³/mol. The zero-order valence-corrected chi connectivity index (χ0v) is 14.9. The maximum Gasteiger partial charge on any atom is 0.254 e. The van der Waals surface area contributed by atoms with E-state index in [2.05, 4.69) is 24.1 Å². The molecule has 0 radical (unpaired) electrons.